The number of benzene rings is 1. The first kappa shape index (κ1) is 15.0. The molecule has 1 aromatic heterocycles. The standard InChI is InChI=1S/C16H21O3Si/c1-11(17)14-10-18-15-8-12(6-7-13(14)15)9-19-20(5)16(2,3)4/h6-8,10H,9H2,1-5H3. The molecule has 20 heavy (non-hydrogen) atoms. The van der Waals surface area contributed by atoms with Crippen molar-refractivity contribution in [1.29, 1.82) is 0 Å². The van der Waals surface area contributed by atoms with Gasteiger partial charge in [-0.1, -0.05) is 32.9 Å². The number of rotatable bonds is 4. The molecule has 0 fully saturated rings. The van der Waals surface area contributed by atoms with Crippen LogP contribution in [-0.2, 0) is 11.0 Å². The zero-order valence-corrected chi connectivity index (χ0v) is 13.7. The van der Waals surface area contributed by atoms with Crippen LogP contribution in [0.1, 0.15) is 43.6 Å². The summed E-state index contributed by atoms with van der Waals surface area (Å²) in [6.45, 7) is 10.9. The maximum Gasteiger partial charge on any atom is 0.214 e. The second kappa shape index (κ2) is 5.54. The third-order valence-electron chi connectivity index (χ3n) is 3.53. The van der Waals surface area contributed by atoms with Gasteiger partial charge in [0.1, 0.15) is 11.8 Å². The molecule has 3 nitrogen and oxygen atoms in total. The summed E-state index contributed by atoms with van der Waals surface area (Å²) < 4.78 is 11.4. The van der Waals surface area contributed by atoms with Crippen molar-refractivity contribution in [2.75, 3.05) is 0 Å². The average Bonchev–Trinajstić information content (AvgIpc) is 2.77. The third kappa shape index (κ3) is 3.19. The largest absolute Gasteiger partial charge is 0.464 e. The van der Waals surface area contributed by atoms with Gasteiger partial charge in [-0.25, -0.2) is 0 Å². The van der Waals surface area contributed by atoms with Crippen molar-refractivity contribution in [2.45, 2.75) is 45.9 Å². The highest BCUT2D eigenvalue weighted by atomic mass is 28.3. The molecule has 0 saturated carbocycles. The molecule has 2 aromatic rings. The van der Waals surface area contributed by atoms with Gasteiger partial charge >= 0.3 is 0 Å². The molecule has 0 atom stereocenters. The summed E-state index contributed by atoms with van der Waals surface area (Å²) in [4.78, 5) is 11.5. The van der Waals surface area contributed by atoms with Crippen LogP contribution in [-0.4, -0.2) is 14.8 Å². The van der Waals surface area contributed by atoms with E-state index in [-0.39, 0.29) is 10.8 Å². The minimum atomic E-state index is -0.848. The van der Waals surface area contributed by atoms with Crippen molar-refractivity contribution in [3.05, 3.63) is 35.6 Å². The predicted octanol–water partition coefficient (Wildman–Crippen LogP) is 4.57. The molecule has 2 rings (SSSR count). The van der Waals surface area contributed by atoms with E-state index in [9.17, 15) is 4.79 Å². The lowest BCUT2D eigenvalue weighted by Crippen LogP contribution is -2.25. The van der Waals surface area contributed by atoms with Crippen LogP contribution in [0, 0.1) is 0 Å². The van der Waals surface area contributed by atoms with Gasteiger partial charge in [0.15, 0.2) is 5.78 Å². The number of furan rings is 1. The van der Waals surface area contributed by atoms with Crippen molar-refractivity contribution >= 4 is 25.8 Å². The molecule has 0 aliphatic carbocycles. The summed E-state index contributed by atoms with van der Waals surface area (Å²) in [5, 5.41) is 1.10. The number of carbonyl (C=O) groups excluding carboxylic acids is 1. The van der Waals surface area contributed by atoms with Gasteiger partial charge in [0.05, 0.1) is 12.2 Å². The fourth-order valence-corrected chi connectivity index (χ4v) is 2.66. The lowest BCUT2D eigenvalue weighted by molar-refractivity contribution is 0.101. The zero-order chi connectivity index (χ0) is 14.9. The number of hydrogen-bond donors (Lipinski definition) is 0. The highest BCUT2D eigenvalue weighted by Gasteiger charge is 2.24. The molecule has 0 N–H and O–H groups in total. The van der Waals surface area contributed by atoms with Gasteiger partial charge in [-0.05, 0) is 30.1 Å². The quantitative estimate of drug-likeness (QED) is 0.611. The number of hydrogen-bond acceptors (Lipinski definition) is 3. The van der Waals surface area contributed by atoms with Gasteiger partial charge in [0.2, 0.25) is 9.04 Å². The van der Waals surface area contributed by atoms with E-state index in [1.54, 1.807) is 6.92 Å². The SMILES string of the molecule is CC(=O)c1coc2cc(CO[Si](C)C(C)(C)C)ccc12. The molecule has 0 unspecified atom stereocenters. The van der Waals surface area contributed by atoms with E-state index in [2.05, 4.69) is 27.3 Å². The molecule has 0 spiro atoms. The van der Waals surface area contributed by atoms with E-state index in [1.165, 1.54) is 6.26 Å². The smallest absolute Gasteiger partial charge is 0.214 e. The van der Waals surface area contributed by atoms with Crippen LogP contribution in [0.5, 0.6) is 0 Å². The van der Waals surface area contributed by atoms with E-state index in [4.69, 9.17) is 8.84 Å². The summed E-state index contributed by atoms with van der Waals surface area (Å²) in [5.74, 6) is 0.0273. The Morgan fingerprint density at radius 3 is 2.65 bits per heavy atom. The molecule has 0 amide bonds. The van der Waals surface area contributed by atoms with Crippen LogP contribution in [0.25, 0.3) is 11.0 Å². The minimum absolute atomic E-state index is 0.0273. The Hall–Kier alpha value is -1.39. The summed E-state index contributed by atoms with van der Waals surface area (Å²) >= 11 is 0. The number of carbonyl (C=O) groups is 1. The Labute approximate surface area is 121 Å². The molecule has 1 radical (unpaired) electrons. The van der Waals surface area contributed by atoms with E-state index < -0.39 is 9.04 Å². The van der Waals surface area contributed by atoms with Crippen molar-refractivity contribution in [2.24, 2.45) is 0 Å². The predicted molar refractivity (Wildman–Crippen MR) is 82.3 cm³/mol. The van der Waals surface area contributed by atoms with Crippen molar-refractivity contribution in [3.63, 3.8) is 0 Å². The second-order valence-electron chi connectivity index (χ2n) is 6.13. The van der Waals surface area contributed by atoms with Gasteiger partial charge in [0.25, 0.3) is 0 Å². The van der Waals surface area contributed by atoms with Gasteiger partial charge in [-0.2, -0.15) is 0 Å². The van der Waals surface area contributed by atoms with Crippen molar-refractivity contribution < 1.29 is 13.6 Å². The number of Topliss-reactive ketones (excluding diaryl/α,β-unsaturated/α-hetero) is 1. The highest BCUT2D eigenvalue weighted by molar-refractivity contribution is 6.53. The van der Waals surface area contributed by atoms with Crippen LogP contribution in [0.2, 0.25) is 11.6 Å². The molecule has 0 aliphatic rings. The summed E-state index contributed by atoms with van der Waals surface area (Å²) in [6.07, 6.45) is 1.53. The summed E-state index contributed by atoms with van der Waals surface area (Å²) in [7, 11) is -0.848. The lowest BCUT2D eigenvalue weighted by Gasteiger charge is -2.24. The molecule has 0 bridgehead atoms. The van der Waals surface area contributed by atoms with Gasteiger partial charge in [0, 0.05) is 5.39 Å². The molecule has 0 saturated heterocycles. The van der Waals surface area contributed by atoms with E-state index in [1.807, 2.05) is 18.2 Å². The van der Waals surface area contributed by atoms with Gasteiger partial charge in [-0.3, -0.25) is 4.79 Å². The Bertz CT molecular complexity index is 622. The van der Waals surface area contributed by atoms with Crippen LogP contribution >= 0.6 is 0 Å². The topological polar surface area (TPSA) is 39.4 Å². The fraction of sp³-hybridized carbons (Fsp3) is 0.438. The van der Waals surface area contributed by atoms with Crippen LogP contribution in [0.15, 0.2) is 28.9 Å². The fourth-order valence-electron chi connectivity index (χ4n) is 1.84. The highest BCUT2D eigenvalue weighted by Crippen LogP contribution is 2.28. The first-order chi connectivity index (χ1) is 9.29. The zero-order valence-electron chi connectivity index (χ0n) is 12.7. The summed E-state index contributed by atoms with van der Waals surface area (Å²) in [6, 6.07) is 5.90. The van der Waals surface area contributed by atoms with Crippen molar-refractivity contribution in [3.8, 4) is 0 Å². The molecule has 107 valence electrons. The Morgan fingerprint density at radius 1 is 1.35 bits per heavy atom. The second-order valence-corrected chi connectivity index (χ2v) is 9.03. The molecular weight excluding hydrogens is 268 g/mol. The van der Waals surface area contributed by atoms with E-state index in [0.29, 0.717) is 12.2 Å². The maximum atomic E-state index is 11.5. The molecular formula is C16H21O3Si. The normalized spacial score (nSPS) is 12.3. The third-order valence-corrected chi connectivity index (χ3v) is 6.22. The first-order valence-electron chi connectivity index (χ1n) is 6.77. The number of fused-ring (bicyclic) bond motifs is 1. The van der Waals surface area contributed by atoms with E-state index in [0.717, 1.165) is 16.5 Å². The Kier molecular flexibility index (Phi) is 4.16. The molecule has 1 aromatic carbocycles. The Morgan fingerprint density at radius 2 is 2.05 bits per heavy atom. The first-order valence-corrected chi connectivity index (χ1v) is 8.68. The number of ketones is 1. The monoisotopic (exact) mass is 289 g/mol. The minimum Gasteiger partial charge on any atom is -0.464 e. The molecule has 4 heteroatoms. The van der Waals surface area contributed by atoms with Crippen LogP contribution < -0.4 is 0 Å². The van der Waals surface area contributed by atoms with Gasteiger partial charge in [-0.15, -0.1) is 0 Å². The Balaban J connectivity index is 2.15. The molecule has 1 heterocycles. The van der Waals surface area contributed by atoms with Crippen molar-refractivity contribution in [1.82, 2.24) is 0 Å². The van der Waals surface area contributed by atoms with Crippen LogP contribution in [0.4, 0.5) is 0 Å². The lowest BCUT2D eigenvalue weighted by atomic mass is 10.1. The van der Waals surface area contributed by atoms with E-state index >= 15 is 0 Å². The van der Waals surface area contributed by atoms with Crippen LogP contribution in [0.3, 0.4) is 0 Å². The summed E-state index contributed by atoms with van der Waals surface area (Å²) in [5.41, 5.74) is 2.47. The maximum absolute atomic E-state index is 11.5. The van der Waals surface area contributed by atoms with Gasteiger partial charge < -0.3 is 8.84 Å². The average molecular weight is 289 g/mol. The molecule has 0 aliphatic heterocycles.